The van der Waals surface area contributed by atoms with E-state index in [0.29, 0.717) is 0 Å². The van der Waals surface area contributed by atoms with E-state index in [2.05, 4.69) is 5.32 Å². The molecule has 0 atom stereocenters. The minimum Gasteiger partial charge on any atom is -0.316 e. The van der Waals surface area contributed by atoms with Crippen molar-refractivity contribution in [1.29, 1.82) is 0 Å². The van der Waals surface area contributed by atoms with Crippen LogP contribution in [0, 0.1) is 5.92 Å². The van der Waals surface area contributed by atoms with Gasteiger partial charge in [0.05, 0.1) is 0 Å². The Bertz CT molecular complexity index is 301. The summed E-state index contributed by atoms with van der Waals surface area (Å²) in [5.41, 5.74) is 2.01. The first-order chi connectivity index (χ1) is 6.65. The second-order valence-corrected chi connectivity index (χ2v) is 3.75. The number of nitrogens with one attached hydrogen (secondary N) is 1. The Labute approximate surface area is 85.3 Å². The molecule has 0 heterocycles. The van der Waals surface area contributed by atoms with Gasteiger partial charge in [0.1, 0.15) is 0 Å². The summed E-state index contributed by atoms with van der Waals surface area (Å²) in [5.74, 6) is 0.283. The first-order valence-corrected chi connectivity index (χ1v) is 4.93. The fraction of sp³-hybridized carbons (Fsp3) is 0.417. The molecule has 0 aromatic heterocycles. The zero-order valence-electron chi connectivity index (χ0n) is 9.00. The minimum atomic E-state index is 0.0742. The fourth-order valence-electron chi connectivity index (χ4n) is 1.32. The average molecular weight is 191 g/mol. The molecule has 0 radical (unpaired) electrons. The molecule has 14 heavy (non-hydrogen) atoms. The smallest absolute Gasteiger partial charge is 0.165 e. The molecule has 0 bridgehead atoms. The Morgan fingerprint density at radius 1 is 1.29 bits per heavy atom. The van der Waals surface area contributed by atoms with Gasteiger partial charge in [0, 0.05) is 18.0 Å². The van der Waals surface area contributed by atoms with Crippen molar-refractivity contribution in [2.75, 3.05) is 7.05 Å². The molecule has 0 aliphatic rings. The van der Waals surface area contributed by atoms with Gasteiger partial charge >= 0.3 is 0 Å². The summed E-state index contributed by atoms with van der Waals surface area (Å²) in [6, 6.07) is 7.78. The summed E-state index contributed by atoms with van der Waals surface area (Å²) < 4.78 is 0. The van der Waals surface area contributed by atoms with Crippen LogP contribution in [-0.2, 0) is 6.54 Å². The van der Waals surface area contributed by atoms with Crippen LogP contribution < -0.4 is 5.32 Å². The zero-order chi connectivity index (χ0) is 10.6. The van der Waals surface area contributed by atoms with E-state index in [4.69, 9.17) is 0 Å². The summed E-state index contributed by atoms with van der Waals surface area (Å²) >= 11 is 0. The van der Waals surface area contributed by atoms with Crippen LogP contribution in [0.3, 0.4) is 0 Å². The van der Waals surface area contributed by atoms with Crippen molar-refractivity contribution in [1.82, 2.24) is 5.32 Å². The maximum atomic E-state index is 11.6. The van der Waals surface area contributed by atoms with Crippen LogP contribution in [0.25, 0.3) is 0 Å². The Kier molecular flexibility index (Phi) is 3.84. The molecule has 1 rings (SSSR count). The number of hydrogen-bond acceptors (Lipinski definition) is 2. The van der Waals surface area contributed by atoms with E-state index in [0.717, 1.165) is 12.1 Å². The van der Waals surface area contributed by atoms with E-state index < -0.39 is 0 Å². The summed E-state index contributed by atoms with van der Waals surface area (Å²) in [7, 11) is 1.91. The van der Waals surface area contributed by atoms with Gasteiger partial charge in [-0.1, -0.05) is 38.1 Å². The number of hydrogen-bond donors (Lipinski definition) is 1. The van der Waals surface area contributed by atoms with Crippen molar-refractivity contribution in [2.45, 2.75) is 20.4 Å². The fourth-order valence-corrected chi connectivity index (χ4v) is 1.32. The van der Waals surface area contributed by atoms with Gasteiger partial charge in [-0.2, -0.15) is 0 Å². The lowest BCUT2D eigenvalue weighted by molar-refractivity contribution is 0.0939. The second-order valence-electron chi connectivity index (χ2n) is 3.75. The molecule has 0 saturated carbocycles. The number of rotatable bonds is 4. The van der Waals surface area contributed by atoms with E-state index in [1.54, 1.807) is 0 Å². The molecule has 0 saturated heterocycles. The first-order valence-electron chi connectivity index (χ1n) is 4.93. The average Bonchev–Trinajstić information content (AvgIpc) is 2.18. The maximum Gasteiger partial charge on any atom is 0.165 e. The van der Waals surface area contributed by atoms with Crippen molar-refractivity contribution in [3.63, 3.8) is 0 Å². The van der Waals surface area contributed by atoms with E-state index in [1.165, 1.54) is 5.56 Å². The number of carbonyl (C=O) groups is 1. The van der Waals surface area contributed by atoms with E-state index in [-0.39, 0.29) is 11.7 Å². The molecule has 2 heteroatoms. The van der Waals surface area contributed by atoms with Gasteiger partial charge in [-0.3, -0.25) is 4.79 Å². The molecule has 0 amide bonds. The molecule has 0 spiro atoms. The molecule has 0 aliphatic heterocycles. The quantitative estimate of drug-likeness (QED) is 0.739. The first kappa shape index (κ1) is 10.9. The van der Waals surface area contributed by atoms with Crippen LogP contribution in [-0.4, -0.2) is 12.8 Å². The lowest BCUT2D eigenvalue weighted by Crippen LogP contribution is -2.08. The highest BCUT2D eigenvalue weighted by atomic mass is 16.1. The van der Waals surface area contributed by atoms with Gasteiger partial charge in [0.25, 0.3) is 0 Å². The Morgan fingerprint density at radius 3 is 2.29 bits per heavy atom. The van der Waals surface area contributed by atoms with Crippen LogP contribution in [0.4, 0.5) is 0 Å². The van der Waals surface area contributed by atoms with Crippen LogP contribution >= 0.6 is 0 Å². The molecule has 1 N–H and O–H groups in total. The normalized spacial score (nSPS) is 10.6. The lowest BCUT2D eigenvalue weighted by Gasteiger charge is -2.05. The van der Waals surface area contributed by atoms with E-state index >= 15 is 0 Å². The Morgan fingerprint density at radius 2 is 1.86 bits per heavy atom. The number of benzene rings is 1. The number of carbonyl (C=O) groups excluding carboxylic acids is 1. The SMILES string of the molecule is CNCc1ccc(C(=O)C(C)C)cc1. The third-order valence-corrected chi connectivity index (χ3v) is 2.14. The summed E-state index contributed by atoms with van der Waals surface area (Å²) in [6.45, 7) is 4.68. The molecular weight excluding hydrogens is 174 g/mol. The van der Waals surface area contributed by atoms with E-state index in [9.17, 15) is 4.79 Å². The summed E-state index contributed by atoms with van der Waals surface area (Å²) in [5, 5.41) is 3.07. The Balaban J connectivity index is 2.78. The highest BCUT2D eigenvalue weighted by molar-refractivity contribution is 5.97. The standard InChI is InChI=1S/C12H17NO/c1-9(2)12(14)11-6-4-10(5-7-11)8-13-3/h4-7,9,13H,8H2,1-3H3. The molecular formula is C12H17NO. The molecule has 76 valence electrons. The van der Waals surface area contributed by atoms with Crippen molar-refractivity contribution in [3.8, 4) is 0 Å². The van der Waals surface area contributed by atoms with Gasteiger partial charge in [0.15, 0.2) is 5.78 Å². The molecule has 0 aliphatic carbocycles. The van der Waals surface area contributed by atoms with Crippen LogP contribution in [0.2, 0.25) is 0 Å². The highest BCUT2D eigenvalue weighted by Gasteiger charge is 2.09. The van der Waals surface area contributed by atoms with Gasteiger partial charge in [-0.25, -0.2) is 0 Å². The van der Waals surface area contributed by atoms with Crippen molar-refractivity contribution in [3.05, 3.63) is 35.4 Å². The minimum absolute atomic E-state index is 0.0742. The van der Waals surface area contributed by atoms with Gasteiger partial charge in [-0.15, -0.1) is 0 Å². The zero-order valence-corrected chi connectivity index (χ0v) is 9.00. The second kappa shape index (κ2) is 4.91. The van der Waals surface area contributed by atoms with E-state index in [1.807, 2.05) is 45.2 Å². The molecule has 0 unspecified atom stereocenters. The maximum absolute atomic E-state index is 11.6. The topological polar surface area (TPSA) is 29.1 Å². The van der Waals surface area contributed by atoms with Crippen molar-refractivity contribution >= 4 is 5.78 Å². The predicted octanol–water partition coefficient (Wildman–Crippen LogP) is 2.24. The van der Waals surface area contributed by atoms with Gasteiger partial charge < -0.3 is 5.32 Å². The monoisotopic (exact) mass is 191 g/mol. The van der Waals surface area contributed by atoms with Gasteiger partial charge in [0.2, 0.25) is 0 Å². The van der Waals surface area contributed by atoms with Gasteiger partial charge in [-0.05, 0) is 12.6 Å². The molecule has 1 aromatic carbocycles. The molecule has 0 fully saturated rings. The Hall–Kier alpha value is -1.15. The number of ketones is 1. The third kappa shape index (κ3) is 2.67. The lowest BCUT2D eigenvalue weighted by atomic mass is 10.0. The molecule has 1 aromatic rings. The summed E-state index contributed by atoms with van der Waals surface area (Å²) in [4.78, 5) is 11.6. The highest BCUT2D eigenvalue weighted by Crippen LogP contribution is 2.09. The van der Waals surface area contributed by atoms with Crippen molar-refractivity contribution in [2.24, 2.45) is 5.92 Å². The van der Waals surface area contributed by atoms with Crippen LogP contribution in [0.5, 0.6) is 0 Å². The third-order valence-electron chi connectivity index (χ3n) is 2.14. The molecule has 2 nitrogen and oxygen atoms in total. The largest absolute Gasteiger partial charge is 0.316 e. The predicted molar refractivity (Wildman–Crippen MR) is 58.4 cm³/mol. The number of Topliss-reactive ketones (excluding diaryl/α,β-unsaturated/α-hetero) is 1. The summed E-state index contributed by atoms with van der Waals surface area (Å²) in [6.07, 6.45) is 0. The van der Waals surface area contributed by atoms with Crippen LogP contribution in [0.1, 0.15) is 29.8 Å². The van der Waals surface area contributed by atoms with Crippen molar-refractivity contribution < 1.29 is 4.79 Å². The van der Waals surface area contributed by atoms with Crippen LogP contribution in [0.15, 0.2) is 24.3 Å².